The second-order valence-electron chi connectivity index (χ2n) is 7.37. The van der Waals surface area contributed by atoms with Gasteiger partial charge in [0.25, 0.3) is 0 Å². The summed E-state index contributed by atoms with van der Waals surface area (Å²) in [4.78, 5) is 0. The quantitative estimate of drug-likeness (QED) is 0.464. The van der Waals surface area contributed by atoms with Crippen LogP contribution in [0.4, 0.5) is 0 Å². The SMILES string of the molecule is CCCCCCC(c1ccn(C(C)C)c1)c1ccn(C(C)C)c1. The van der Waals surface area contributed by atoms with Crippen molar-refractivity contribution in [3.63, 3.8) is 0 Å². The zero-order valence-corrected chi connectivity index (χ0v) is 15.6. The molecule has 0 aliphatic carbocycles. The molecule has 0 aliphatic heterocycles. The second-order valence-corrected chi connectivity index (χ2v) is 7.37. The van der Waals surface area contributed by atoms with Crippen molar-refractivity contribution in [2.75, 3.05) is 0 Å². The summed E-state index contributed by atoms with van der Waals surface area (Å²) in [5.74, 6) is 0.534. The van der Waals surface area contributed by atoms with Gasteiger partial charge in [0.1, 0.15) is 0 Å². The van der Waals surface area contributed by atoms with Crippen molar-refractivity contribution in [3.05, 3.63) is 48.0 Å². The molecule has 2 heterocycles. The molecular weight excluding hydrogens is 280 g/mol. The molecule has 0 fully saturated rings. The molecule has 0 N–H and O–H groups in total. The first kappa shape index (κ1) is 17.9. The predicted octanol–water partition coefficient (Wildman–Crippen LogP) is 6.55. The predicted molar refractivity (Wildman–Crippen MR) is 100 cm³/mol. The van der Waals surface area contributed by atoms with Crippen LogP contribution in [0.2, 0.25) is 0 Å². The first-order valence-corrected chi connectivity index (χ1v) is 9.37. The number of hydrogen-bond donors (Lipinski definition) is 0. The highest BCUT2D eigenvalue weighted by Crippen LogP contribution is 2.32. The van der Waals surface area contributed by atoms with E-state index in [2.05, 4.69) is 80.7 Å². The molecule has 0 radical (unpaired) electrons. The molecule has 0 saturated carbocycles. The van der Waals surface area contributed by atoms with Gasteiger partial charge in [0.05, 0.1) is 0 Å². The van der Waals surface area contributed by atoms with Crippen LogP contribution < -0.4 is 0 Å². The van der Waals surface area contributed by atoms with Crippen LogP contribution in [0.1, 0.15) is 95.9 Å². The number of hydrogen-bond acceptors (Lipinski definition) is 0. The van der Waals surface area contributed by atoms with Crippen molar-refractivity contribution in [2.24, 2.45) is 0 Å². The van der Waals surface area contributed by atoms with Gasteiger partial charge in [-0.15, -0.1) is 0 Å². The highest BCUT2D eigenvalue weighted by atomic mass is 15.0. The molecule has 128 valence electrons. The van der Waals surface area contributed by atoms with E-state index in [1.54, 1.807) is 0 Å². The minimum Gasteiger partial charge on any atom is -0.352 e. The topological polar surface area (TPSA) is 9.86 Å². The summed E-state index contributed by atoms with van der Waals surface area (Å²) in [6, 6.07) is 5.70. The van der Waals surface area contributed by atoms with E-state index >= 15 is 0 Å². The van der Waals surface area contributed by atoms with E-state index in [-0.39, 0.29) is 0 Å². The van der Waals surface area contributed by atoms with Gasteiger partial charge in [0.2, 0.25) is 0 Å². The second kappa shape index (κ2) is 8.42. The van der Waals surface area contributed by atoms with Crippen LogP contribution in [0.15, 0.2) is 36.9 Å². The van der Waals surface area contributed by atoms with Gasteiger partial charge in [-0.25, -0.2) is 0 Å². The molecule has 0 amide bonds. The Labute approximate surface area is 142 Å². The monoisotopic (exact) mass is 314 g/mol. The van der Waals surface area contributed by atoms with Crippen molar-refractivity contribution >= 4 is 0 Å². The average Bonchev–Trinajstić information content (AvgIpc) is 3.16. The Morgan fingerprint density at radius 2 is 1.30 bits per heavy atom. The number of aromatic nitrogens is 2. The maximum absolute atomic E-state index is 2.35. The zero-order valence-electron chi connectivity index (χ0n) is 15.6. The number of rotatable bonds is 9. The Kier molecular flexibility index (Phi) is 6.56. The third-order valence-corrected chi connectivity index (χ3v) is 4.82. The van der Waals surface area contributed by atoms with Gasteiger partial charge in [-0.2, -0.15) is 0 Å². The van der Waals surface area contributed by atoms with Crippen LogP contribution in [0.5, 0.6) is 0 Å². The average molecular weight is 315 g/mol. The number of unbranched alkanes of at least 4 members (excludes halogenated alkanes) is 3. The molecule has 0 saturated heterocycles. The van der Waals surface area contributed by atoms with Crippen LogP contribution in [-0.4, -0.2) is 9.13 Å². The molecule has 0 spiro atoms. The van der Waals surface area contributed by atoms with Crippen molar-refractivity contribution in [1.82, 2.24) is 9.13 Å². The molecule has 0 bridgehead atoms. The summed E-state index contributed by atoms with van der Waals surface area (Å²) in [5.41, 5.74) is 2.94. The molecule has 23 heavy (non-hydrogen) atoms. The fourth-order valence-electron chi connectivity index (χ4n) is 3.22. The summed E-state index contributed by atoms with van der Waals surface area (Å²) in [5, 5.41) is 0. The Morgan fingerprint density at radius 3 is 1.70 bits per heavy atom. The first-order valence-electron chi connectivity index (χ1n) is 9.37. The lowest BCUT2D eigenvalue weighted by Gasteiger charge is -2.16. The Balaban J connectivity index is 2.19. The maximum atomic E-state index is 2.35. The fraction of sp³-hybridized carbons (Fsp3) is 0.619. The van der Waals surface area contributed by atoms with E-state index in [9.17, 15) is 0 Å². The van der Waals surface area contributed by atoms with E-state index in [4.69, 9.17) is 0 Å². The third-order valence-electron chi connectivity index (χ3n) is 4.82. The molecule has 0 aromatic carbocycles. The highest BCUT2D eigenvalue weighted by Gasteiger charge is 2.17. The van der Waals surface area contributed by atoms with Gasteiger partial charge in [-0.05, 0) is 57.4 Å². The van der Waals surface area contributed by atoms with E-state index in [0.29, 0.717) is 18.0 Å². The summed E-state index contributed by atoms with van der Waals surface area (Å²) in [6.45, 7) is 11.3. The van der Waals surface area contributed by atoms with Gasteiger partial charge in [-0.1, -0.05) is 32.6 Å². The Morgan fingerprint density at radius 1 is 0.783 bits per heavy atom. The minimum absolute atomic E-state index is 0.532. The first-order chi connectivity index (χ1) is 11.0. The Hall–Kier alpha value is -1.44. The van der Waals surface area contributed by atoms with E-state index in [0.717, 1.165) is 0 Å². The summed E-state index contributed by atoms with van der Waals surface area (Å²) < 4.78 is 4.65. The van der Waals surface area contributed by atoms with E-state index in [1.165, 1.54) is 43.2 Å². The normalized spacial score (nSPS) is 12.0. The molecule has 0 atom stereocenters. The van der Waals surface area contributed by atoms with E-state index < -0.39 is 0 Å². The van der Waals surface area contributed by atoms with Crippen molar-refractivity contribution < 1.29 is 0 Å². The van der Waals surface area contributed by atoms with Crippen LogP contribution >= 0.6 is 0 Å². The lowest BCUT2D eigenvalue weighted by Crippen LogP contribution is -2.02. The van der Waals surface area contributed by atoms with Crippen molar-refractivity contribution in [2.45, 2.75) is 84.7 Å². The van der Waals surface area contributed by atoms with Gasteiger partial charge >= 0.3 is 0 Å². The smallest absolute Gasteiger partial charge is 0.0274 e. The molecule has 2 heteroatoms. The molecule has 2 aromatic rings. The van der Waals surface area contributed by atoms with Gasteiger partial charge in [-0.3, -0.25) is 0 Å². The lowest BCUT2D eigenvalue weighted by atomic mass is 9.90. The lowest BCUT2D eigenvalue weighted by molar-refractivity contribution is 0.579. The summed E-state index contributed by atoms with van der Waals surface area (Å²) >= 11 is 0. The highest BCUT2D eigenvalue weighted by molar-refractivity contribution is 5.30. The largest absolute Gasteiger partial charge is 0.352 e. The van der Waals surface area contributed by atoms with Gasteiger partial charge in [0.15, 0.2) is 0 Å². The van der Waals surface area contributed by atoms with E-state index in [1.807, 2.05) is 0 Å². The zero-order chi connectivity index (χ0) is 16.8. The van der Waals surface area contributed by atoms with Crippen LogP contribution in [0.25, 0.3) is 0 Å². The van der Waals surface area contributed by atoms with Crippen LogP contribution in [-0.2, 0) is 0 Å². The van der Waals surface area contributed by atoms with Gasteiger partial charge < -0.3 is 9.13 Å². The fourth-order valence-corrected chi connectivity index (χ4v) is 3.22. The molecule has 2 aromatic heterocycles. The van der Waals surface area contributed by atoms with Crippen molar-refractivity contribution in [3.8, 4) is 0 Å². The molecule has 2 nitrogen and oxygen atoms in total. The third kappa shape index (κ3) is 4.76. The molecule has 2 rings (SSSR count). The Bertz CT molecular complexity index is 528. The van der Waals surface area contributed by atoms with Crippen molar-refractivity contribution in [1.29, 1.82) is 0 Å². The molecular formula is C21H34N2. The standard InChI is InChI=1S/C21H34N2/c1-6-7-8-9-10-21(19-11-13-22(15-19)17(2)3)20-12-14-23(16-20)18(4)5/h11-18,21H,6-10H2,1-5H3. The van der Waals surface area contributed by atoms with Gasteiger partial charge in [0, 0.05) is 42.8 Å². The van der Waals surface area contributed by atoms with Crippen LogP contribution in [0, 0.1) is 0 Å². The molecule has 0 aliphatic rings. The maximum Gasteiger partial charge on any atom is 0.0274 e. The summed E-state index contributed by atoms with van der Waals surface area (Å²) in [6.07, 6.45) is 15.7. The summed E-state index contributed by atoms with van der Waals surface area (Å²) in [7, 11) is 0. The van der Waals surface area contributed by atoms with Crippen LogP contribution in [0.3, 0.4) is 0 Å². The molecule has 0 unspecified atom stereocenters. The number of nitrogens with zero attached hydrogens (tertiary/aromatic N) is 2. The minimum atomic E-state index is 0.532.